The second-order valence-corrected chi connectivity index (χ2v) is 4.88. The molecule has 1 rings (SSSR count). The van der Waals surface area contributed by atoms with E-state index < -0.39 is 5.92 Å². The summed E-state index contributed by atoms with van der Waals surface area (Å²) in [5.41, 5.74) is -0.0198. The molecule has 1 aliphatic carbocycles. The lowest BCUT2D eigenvalue weighted by molar-refractivity contribution is -0.121. The maximum Gasteiger partial charge on any atom is 0.164 e. The van der Waals surface area contributed by atoms with Crippen molar-refractivity contribution in [3.63, 3.8) is 0 Å². The number of ketones is 1. The van der Waals surface area contributed by atoms with Crippen molar-refractivity contribution in [2.24, 2.45) is 23.2 Å². The molecule has 1 heteroatoms. The van der Waals surface area contributed by atoms with Crippen LogP contribution in [0.4, 0.5) is 0 Å². The standard InChI is InChI=1S/C16H18O/c1-6-9-10-11-12(7-2)15(17)14-13(8-3)16(14,4)5/h2,6,8,12-14H,1,3,9H2,4-5H3. The quantitative estimate of drug-likeness (QED) is 0.532. The highest BCUT2D eigenvalue weighted by atomic mass is 16.1. The van der Waals surface area contributed by atoms with E-state index in [1.165, 1.54) is 0 Å². The number of rotatable bonds is 4. The third-order valence-electron chi connectivity index (χ3n) is 3.42. The van der Waals surface area contributed by atoms with Gasteiger partial charge in [-0.3, -0.25) is 4.79 Å². The third kappa shape index (κ3) is 2.51. The molecule has 3 atom stereocenters. The van der Waals surface area contributed by atoms with Crippen LogP contribution in [0.25, 0.3) is 0 Å². The Hall–Kier alpha value is -1.73. The van der Waals surface area contributed by atoms with Crippen molar-refractivity contribution in [3.8, 4) is 24.2 Å². The number of terminal acetylenes is 1. The third-order valence-corrected chi connectivity index (χ3v) is 3.42. The van der Waals surface area contributed by atoms with E-state index in [4.69, 9.17) is 6.42 Å². The zero-order chi connectivity index (χ0) is 13.1. The fourth-order valence-electron chi connectivity index (χ4n) is 2.27. The summed E-state index contributed by atoms with van der Waals surface area (Å²) >= 11 is 0. The summed E-state index contributed by atoms with van der Waals surface area (Å²) in [4.78, 5) is 12.2. The Morgan fingerprint density at radius 2 is 2.18 bits per heavy atom. The molecule has 1 saturated carbocycles. The molecule has 0 radical (unpaired) electrons. The first-order valence-corrected chi connectivity index (χ1v) is 5.72. The molecule has 1 aliphatic rings. The van der Waals surface area contributed by atoms with Crippen LogP contribution in [-0.2, 0) is 4.79 Å². The number of allylic oxidation sites excluding steroid dienone is 2. The SMILES string of the molecule is C#CC(C#CCC=C)C(=O)C1C(C=C)C1(C)C. The van der Waals surface area contributed by atoms with Crippen molar-refractivity contribution >= 4 is 5.78 Å². The predicted octanol–water partition coefficient (Wildman–Crippen LogP) is 2.84. The Labute approximate surface area is 104 Å². The summed E-state index contributed by atoms with van der Waals surface area (Å²) in [6.07, 6.45) is 9.47. The first-order chi connectivity index (χ1) is 8.00. The fraction of sp³-hybridized carbons (Fsp3) is 0.438. The smallest absolute Gasteiger partial charge is 0.164 e. The average Bonchev–Trinajstić information content (AvgIpc) is 2.86. The van der Waals surface area contributed by atoms with Crippen LogP contribution in [0.1, 0.15) is 20.3 Å². The summed E-state index contributed by atoms with van der Waals surface area (Å²) < 4.78 is 0. The number of carbonyl (C=O) groups is 1. The molecule has 17 heavy (non-hydrogen) atoms. The molecule has 0 heterocycles. The van der Waals surface area contributed by atoms with Gasteiger partial charge >= 0.3 is 0 Å². The molecule has 88 valence electrons. The van der Waals surface area contributed by atoms with Crippen LogP contribution in [0.15, 0.2) is 25.3 Å². The van der Waals surface area contributed by atoms with E-state index in [0.717, 1.165) is 0 Å². The van der Waals surface area contributed by atoms with Gasteiger partial charge in [0.1, 0.15) is 5.92 Å². The molecule has 0 bridgehead atoms. The van der Waals surface area contributed by atoms with Crippen LogP contribution in [0.3, 0.4) is 0 Å². The van der Waals surface area contributed by atoms with Gasteiger partial charge in [-0.05, 0) is 11.3 Å². The van der Waals surface area contributed by atoms with Gasteiger partial charge in [0.15, 0.2) is 5.78 Å². The molecule has 0 aliphatic heterocycles. The number of hydrogen-bond donors (Lipinski definition) is 0. The molecule has 3 unspecified atom stereocenters. The van der Waals surface area contributed by atoms with Gasteiger partial charge in [0, 0.05) is 12.3 Å². The molecule has 0 spiro atoms. The first kappa shape index (κ1) is 13.3. The van der Waals surface area contributed by atoms with Gasteiger partial charge in [-0.25, -0.2) is 0 Å². The van der Waals surface area contributed by atoms with E-state index in [-0.39, 0.29) is 23.0 Å². The Bertz CT molecular complexity index is 436. The minimum absolute atomic E-state index is 0.0198. The van der Waals surface area contributed by atoms with Crippen LogP contribution < -0.4 is 0 Å². The van der Waals surface area contributed by atoms with Crippen LogP contribution >= 0.6 is 0 Å². The monoisotopic (exact) mass is 226 g/mol. The normalized spacial score (nSPS) is 25.7. The fourth-order valence-corrected chi connectivity index (χ4v) is 2.27. The molecule has 0 amide bonds. The van der Waals surface area contributed by atoms with Crippen molar-refractivity contribution in [1.29, 1.82) is 0 Å². The molecule has 0 N–H and O–H groups in total. The summed E-state index contributed by atoms with van der Waals surface area (Å²) in [6, 6.07) is 0. The summed E-state index contributed by atoms with van der Waals surface area (Å²) in [5, 5.41) is 0. The van der Waals surface area contributed by atoms with Gasteiger partial charge in [0.25, 0.3) is 0 Å². The van der Waals surface area contributed by atoms with Crippen LogP contribution in [0, 0.1) is 47.4 Å². The highest BCUT2D eigenvalue weighted by Crippen LogP contribution is 2.59. The van der Waals surface area contributed by atoms with Gasteiger partial charge in [0.05, 0.1) is 0 Å². The van der Waals surface area contributed by atoms with Gasteiger partial charge in [-0.15, -0.1) is 19.6 Å². The zero-order valence-corrected chi connectivity index (χ0v) is 10.5. The van der Waals surface area contributed by atoms with E-state index in [2.05, 4.69) is 44.8 Å². The summed E-state index contributed by atoms with van der Waals surface area (Å²) in [6.45, 7) is 11.5. The van der Waals surface area contributed by atoms with Gasteiger partial charge in [0.2, 0.25) is 0 Å². The summed E-state index contributed by atoms with van der Waals surface area (Å²) in [7, 11) is 0. The van der Waals surface area contributed by atoms with Gasteiger partial charge < -0.3 is 0 Å². The number of carbonyl (C=O) groups excluding carboxylic acids is 1. The molecular formula is C16H18O. The molecular weight excluding hydrogens is 208 g/mol. The molecule has 1 nitrogen and oxygen atoms in total. The number of hydrogen-bond acceptors (Lipinski definition) is 1. The topological polar surface area (TPSA) is 17.1 Å². The van der Waals surface area contributed by atoms with Crippen molar-refractivity contribution < 1.29 is 4.79 Å². The van der Waals surface area contributed by atoms with Gasteiger partial charge in [-0.1, -0.05) is 43.8 Å². The lowest BCUT2D eigenvalue weighted by Gasteiger charge is -2.03. The zero-order valence-electron chi connectivity index (χ0n) is 10.5. The lowest BCUT2D eigenvalue weighted by Crippen LogP contribution is -2.16. The van der Waals surface area contributed by atoms with E-state index in [1.807, 2.05) is 6.08 Å². The van der Waals surface area contributed by atoms with Crippen molar-refractivity contribution in [2.75, 3.05) is 0 Å². The minimum Gasteiger partial charge on any atom is -0.297 e. The van der Waals surface area contributed by atoms with Crippen molar-refractivity contribution in [2.45, 2.75) is 20.3 Å². The maximum absolute atomic E-state index is 12.2. The second-order valence-electron chi connectivity index (χ2n) is 4.88. The molecule has 0 aromatic rings. The van der Waals surface area contributed by atoms with E-state index in [1.54, 1.807) is 6.08 Å². The lowest BCUT2D eigenvalue weighted by atomic mass is 9.97. The van der Waals surface area contributed by atoms with Crippen molar-refractivity contribution in [1.82, 2.24) is 0 Å². The Balaban J connectivity index is 2.78. The largest absolute Gasteiger partial charge is 0.297 e. The second kappa shape index (κ2) is 5.07. The van der Waals surface area contributed by atoms with E-state index >= 15 is 0 Å². The predicted molar refractivity (Wildman–Crippen MR) is 70.9 cm³/mol. The van der Waals surface area contributed by atoms with Crippen molar-refractivity contribution in [3.05, 3.63) is 25.3 Å². The van der Waals surface area contributed by atoms with Crippen LogP contribution in [0.5, 0.6) is 0 Å². The van der Waals surface area contributed by atoms with Crippen LogP contribution in [0.2, 0.25) is 0 Å². The van der Waals surface area contributed by atoms with Crippen LogP contribution in [-0.4, -0.2) is 5.78 Å². The molecule has 1 fully saturated rings. The van der Waals surface area contributed by atoms with Gasteiger partial charge in [-0.2, -0.15) is 0 Å². The highest BCUT2D eigenvalue weighted by molar-refractivity contribution is 5.92. The number of Topliss-reactive ketones (excluding diaryl/α,β-unsaturated/α-hetero) is 1. The maximum atomic E-state index is 12.2. The Kier molecular flexibility index (Phi) is 3.97. The van der Waals surface area contributed by atoms with E-state index in [0.29, 0.717) is 6.42 Å². The average molecular weight is 226 g/mol. The highest BCUT2D eigenvalue weighted by Gasteiger charge is 2.60. The first-order valence-electron chi connectivity index (χ1n) is 5.72. The molecule has 0 aromatic heterocycles. The minimum atomic E-state index is -0.593. The molecule has 0 aromatic carbocycles. The molecule has 0 saturated heterocycles. The Morgan fingerprint density at radius 3 is 2.59 bits per heavy atom. The Morgan fingerprint density at radius 1 is 1.53 bits per heavy atom. The summed E-state index contributed by atoms with van der Waals surface area (Å²) in [5.74, 6) is 7.82. The van der Waals surface area contributed by atoms with E-state index in [9.17, 15) is 4.79 Å².